The highest BCUT2D eigenvalue weighted by molar-refractivity contribution is 7.47. The summed E-state index contributed by atoms with van der Waals surface area (Å²) in [5.74, 6) is 0. The minimum Gasteiger partial charge on any atom is -0.396 e. The first-order chi connectivity index (χ1) is 9.12. The largest absolute Gasteiger partial charge is 0.472 e. The van der Waals surface area contributed by atoms with E-state index in [1.54, 1.807) is 0 Å². The third kappa shape index (κ3) is 14.3. The Balaban J connectivity index is 3.30. The van der Waals surface area contributed by atoms with Crippen molar-refractivity contribution in [3.63, 3.8) is 0 Å². The topological polar surface area (TPSA) is 76.0 Å². The lowest BCUT2D eigenvalue weighted by atomic mass is 10.1. The Kier molecular flexibility index (Phi) is 13.1. The Morgan fingerprint density at radius 1 is 0.842 bits per heavy atom. The van der Waals surface area contributed by atoms with Gasteiger partial charge < -0.3 is 10.00 Å². The highest BCUT2D eigenvalue weighted by atomic mass is 31.2. The van der Waals surface area contributed by atoms with Crippen LogP contribution in [-0.4, -0.2) is 29.8 Å². The van der Waals surface area contributed by atoms with Crippen molar-refractivity contribution in [3.8, 4) is 0 Å². The van der Waals surface area contributed by atoms with Gasteiger partial charge in [0, 0.05) is 6.61 Å². The van der Waals surface area contributed by atoms with Crippen LogP contribution in [0.1, 0.15) is 64.7 Å². The molecule has 0 saturated heterocycles. The summed E-state index contributed by atoms with van der Waals surface area (Å²) < 4.78 is 20.8. The van der Waals surface area contributed by atoms with Crippen LogP contribution in [0.15, 0.2) is 0 Å². The summed E-state index contributed by atoms with van der Waals surface area (Å²) in [6.07, 6.45) is 9.65. The zero-order chi connectivity index (χ0) is 14.4. The monoisotopic (exact) mass is 296 g/mol. The van der Waals surface area contributed by atoms with E-state index in [1.165, 1.54) is 32.1 Å². The standard InChI is InChI=1S/C13H29O5P/c1-2-3-4-5-6-7-8-9-12-17-19(15,16)18-13-10-11-14/h14H,2-13H2,1H3,(H,15,16). The average Bonchev–Trinajstić information content (AvgIpc) is 2.37. The lowest BCUT2D eigenvalue weighted by Crippen LogP contribution is -2.00. The van der Waals surface area contributed by atoms with Crippen LogP contribution in [0.2, 0.25) is 0 Å². The first-order valence-electron chi connectivity index (χ1n) is 7.35. The summed E-state index contributed by atoms with van der Waals surface area (Å²) in [6.45, 7) is 2.44. The van der Waals surface area contributed by atoms with Crippen LogP contribution in [0.4, 0.5) is 0 Å². The van der Waals surface area contributed by atoms with Gasteiger partial charge in [-0.25, -0.2) is 4.57 Å². The summed E-state index contributed by atoms with van der Waals surface area (Å²) in [5.41, 5.74) is 0. The Morgan fingerprint density at radius 2 is 1.32 bits per heavy atom. The molecule has 0 spiro atoms. The van der Waals surface area contributed by atoms with E-state index >= 15 is 0 Å². The molecule has 0 amide bonds. The molecule has 0 aromatic heterocycles. The third-order valence-corrected chi connectivity index (χ3v) is 3.83. The molecule has 5 nitrogen and oxygen atoms in total. The molecular weight excluding hydrogens is 267 g/mol. The van der Waals surface area contributed by atoms with Crippen molar-refractivity contribution in [2.24, 2.45) is 0 Å². The second kappa shape index (κ2) is 13.1. The van der Waals surface area contributed by atoms with Crippen LogP contribution in [0.3, 0.4) is 0 Å². The van der Waals surface area contributed by atoms with Crippen molar-refractivity contribution in [3.05, 3.63) is 0 Å². The van der Waals surface area contributed by atoms with Crippen LogP contribution in [-0.2, 0) is 13.6 Å². The predicted molar refractivity (Wildman–Crippen MR) is 76.0 cm³/mol. The molecule has 0 aromatic carbocycles. The summed E-state index contributed by atoms with van der Waals surface area (Å²) in [5, 5.41) is 8.52. The van der Waals surface area contributed by atoms with Crippen molar-refractivity contribution in [2.75, 3.05) is 19.8 Å². The van der Waals surface area contributed by atoms with Crippen molar-refractivity contribution in [1.82, 2.24) is 0 Å². The molecule has 0 aliphatic heterocycles. The molecule has 2 N–H and O–H groups in total. The molecule has 0 rings (SSSR count). The molecule has 19 heavy (non-hydrogen) atoms. The molecule has 116 valence electrons. The Hall–Kier alpha value is 0.0700. The lowest BCUT2D eigenvalue weighted by Gasteiger charge is -2.11. The number of phosphoric ester groups is 1. The van der Waals surface area contributed by atoms with Gasteiger partial charge in [0.05, 0.1) is 13.2 Å². The normalized spacial score (nSPS) is 14.5. The van der Waals surface area contributed by atoms with Crippen LogP contribution < -0.4 is 0 Å². The van der Waals surface area contributed by atoms with Gasteiger partial charge in [-0.3, -0.25) is 9.05 Å². The Labute approximate surface area is 116 Å². The van der Waals surface area contributed by atoms with E-state index in [9.17, 15) is 9.46 Å². The maximum Gasteiger partial charge on any atom is 0.472 e. The van der Waals surface area contributed by atoms with Gasteiger partial charge in [0.1, 0.15) is 0 Å². The molecule has 1 atom stereocenters. The van der Waals surface area contributed by atoms with Crippen LogP contribution in [0.5, 0.6) is 0 Å². The van der Waals surface area contributed by atoms with E-state index in [0.717, 1.165) is 19.3 Å². The number of unbranched alkanes of at least 4 members (excludes halogenated alkanes) is 7. The van der Waals surface area contributed by atoms with E-state index < -0.39 is 7.82 Å². The second-order valence-electron chi connectivity index (χ2n) is 4.69. The van der Waals surface area contributed by atoms with Crippen molar-refractivity contribution in [2.45, 2.75) is 64.7 Å². The number of hydrogen-bond donors (Lipinski definition) is 2. The van der Waals surface area contributed by atoms with E-state index in [0.29, 0.717) is 6.42 Å². The van der Waals surface area contributed by atoms with Crippen LogP contribution >= 0.6 is 7.82 Å². The van der Waals surface area contributed by atoms with Crippen molar-refractivity contribution >= 4 is 7.82 Å². The molecule has 0 aromatic rings. The van der Waals surface area contributed by atoms with Gasteiger partial charge in [0.2, 0.25) is 0 Å². The minimum atomic E-state index is -3.90. The second-order valence-corrected chi connectivity index (χ2v) is 6.14. The first-order valence-corrected chi connectivity index (χ1v) is 8.84. The van der Waals surface area contributed by atoms with Gasteiger partial charge in [-0.1, -0.05) is 51.9 Å². The van der Waals surface area contributed by atoms with Gasteiger partial charge in [-0.2, -0.15) is 0 Å². The van der Waals surface area contributed by atoms with Gasteiger partial charge in [-0.05, 0) is 12.8 Å². The zero-order valence-electron chi connectivity index (χ0n) is 12.1. The van der Waals surface area contributed by atoms with E-state index in [1.807, 2.05) is 0 Å². The molecular formula is C13H29O5P. The molecule has 0 fully saturated rings. The lowest BCUT2D eigenvalue weighted by molar-refractivity contribution is 0.137. The highest BCUT2D eigenvalue weighted by Crippen LogP contribution is 2.43. The third-order valence-electron chi connectivity index (χ3n) is 2.81. The van der Waals surface area contributed by atoms with Crippen molar-refractivity contribution < 1.29 is 23.6 Å². The molecule has 0 aliphatic carbocycles. The molecule has 0 radical (unpaired) electrons. The van der Waals surface area contributed by atoms with E-state index in [-0.39, 0.29) is 19.8 Å². The van der Waals surface area contributed by atoms with Crippen molar-refractivity contribution in [1.29, 1.82) is 0 Å². The van der Waals surface area contributed by atoms with E-state index in [2.05, 4.69) is 11.4 Å². The summed E-state index contributed by atoms with van der Waals surface area (Å²) in [6, 6.07) is 0. The van der Waals surface area contributed by atoms with Gasteiger partial charge >= 0.3 is 7.82 Å². The fourth-order valence-corrected chi connectivity index (χ4v) is 2.49. The fourth-order valence-electron chi connectivity index (χ4n) is 1.70. The molecule has 0 bridgehead atoms. The zero-order valence-corrected chi connectivity index (χ0v) is 12.9. The number of hydrogen-bond acceptors (Lipinski definition) is 4. The maximum atomic E-state index is 11.3. The molecule has 0 saturated carbocycles. The number of rotatable bonds is 14. The summed E-state index contributed by atoms with van der Waals surface area (Å²) >= 11 is 0. The quantitative estimate of drug-likeness (QED) is 0.378. The number of aliphatic hydroxyl groups is 1. The molecule has 6 heteroatoms. The van der Waals surface area contributed by atoms with Gasteiger partial charge in [0.15, 0.2) is 0 Å². The first kappa shape index (κ1) is 19.1. The number of aliphatic hydroxyl groups excluding tert-OH is 1. The Morgan fingerprint density at radius 3 is 1.84 bits per heavy atom. The summed E-state index contributed by atoms with van der Waals surface area (Å²) in [4.78, 5) is 9.27. The van der Waals surface area contributed by atoms with Gasteiger partial charge in [-0.15, -0.1) is 0 Å². The minimum absolute atomic E-state index is 0.0434. The van der Waals surface area contributed by atoms with E-state index in [4.69, 9.17) is 9.63 Å². The maximum absolute atomic E-state index is 11.3. The number of phosphoric acid groups is 1. The predicted octanol–water partition coefficient (Wildman–Crippen LogP) is 3.64. The SMILES string of the molecule is CCCCCCCCCCOP(=O)(O)OCCCO. The van der Waals surface area contributed by atoms with Gasteiger partial charge in [0.25, 0.3) is 0 Å². The van der Waals surface area contributed by atoms with Crippen LogP contribution in [0, 0.1) is 0 Å². The molecule has 0 aliphatic rings. The molecule has 1 unspecified atom stereocenters. The van der Waals surface area contributed by atoms with Crippen LogP contribution in [0.25, 0.3) is 0 Å². The summed E-state index contributed by atoms with van der Waals surface area (Å²) in [7, 11) is -3.90. The fraction of sp³-hybridized carbons (Fsp3) is 1.00. The highest BCUT2D eigenvalue weighted by Gasteiger charge is 2.19. The Bertz CT molecular complexity index is 235. The molecule has 0 heterocycles. The smallest absolute Gasteiger partial charge is 0.396 e. The average molecular weight is 296 g/mol.